The van der Waals surface area contributed by atoms with Crippen LogP contribution in [0.5, 0.6) is 0 Å². The molecule has 25 heavy (non-hydrogen) atoms. The van der Waals surface area contributed by atoms with Gasteiger partial charge < -0.3 is 10.2 Å². The number of anilines is 1. The highest BCUT2D eigenvalue weighted by atomic mass is 79.9. The zero-order valence-corrected chi connectivity index (χ0v) is 16.0. The second-order valence-corrected chi connectivity index (χ2v) is 7.53. The van der Waals surface area contributed by atoms with Crippen molar-refractivity contribution in [3.8, 4) is 0 Å². The van der Waals surface area contributed by atoms with Crippen molar-refractivity contribution in [1.29, 1.82) is 0 Å². The maximum atomic E-state index is 12.9. The lowest BCUT2D eigenvalue weighted by Crippen LogP contribution is -2.41. The van der Waals surface area contributed by atoms with E-state index in [9.17, 15) is 9.59 Å². The van der Waals surface area contributed by atoms with Crippen LogP contribution in [0.2, 0.25) is 0 Å². The van der Waals surface area contributed by atoms with Gasteiger partial charge in [0.15, 0.2) is 0 Å². The Labute approximate surface area is 156 Å². The van der Waals surface area contributed by atoms with Gasteiger partial charge in [-0.2, -0.15) is 0 Å². The Hall–Kier alpha value is -2.14. The molecule has 0 bridgehead atoms. The van der Waals surface area contributed by atoms with Crippen LogP contribution in [0, 0.1) is 6.92 Å². The highest BCUT2D eigenvalue weighted by Gasteiger charge is 2.52. The van der Waals surface area contributed by atoms with Gasteiger partial charge in [-0.15, -0.1) is 0 Å². The molecule has 2 amide bonds. The maximum absolute atomic E-state index is 12.9. The van der Waals surface area contributed by atoms with Gasteiger partial charge in [0, 0.05) is 17.2 Å². The molecule has 0 saturated heterocycles. The predicted molar refractivity (Wildman–Crippen MR) is 102 cm³/mol. The van der Waals surface area contributed by atoms with E-state index in [1.807, 2.05) is 55.5 Å². The van der Waals surface area contributed by atoms with E-state index < -0.39 is 5.41 Å². The van der Waals surface area contributed by atoms with E-state index in [1.54, 1.807) is 7.05 Å². The Bertz CT molecular complexity index is 801. The van der Waals surface area contributed by atoms with E-state index in [-0.39, 0.29) is 18.4 Å². The van der Waals surface area contributed by atoms with Crippen molar-refractivity contribution in [2.45, 2.75) is 25.2 Å². The zero-order chi connectivity index (χ0) is 18.0. The van der Waals surface area contributed by atoms with Crippen molar-refractivity contribution in [1.82, 2.24) is 4.90 Å². The number of halogens is 1. The number of aryl methyl sites for hydroxylation is 1. The lowest BCUT2D eigenvalue weighted by atomic mass is 9.94. The van der Waals surface area contributed by atoms with Crippen molar-refractivity contribution in [3.63, 3.8) is 0 Å². The molecule has 3 rings (SSSR count). The Balaban J connectivity index is 1.65. The molecule has 0 unspecified atom stereocenters. The molecule has 130 valence electrons. The molecule has 1 N–H and O–H groups in total. The summed E-state index contributed by atoms with van der Waals surface area (Å²) >= 11 is 3.41. The molecule has 0 heterocycles. The lowest BCUT2D eigenvalue weighted by molar-refractivity contribution is -0.135. The molecule has 1 fully saturated rings. The topological polar surface area (TPSA) is 49.4 Å². The molecular weight excluding hydrogens is 380 g/mol. The third-order valence-corrected chi connectivity index (χ3v) is 5.17. The van der Waals surface area contributed by atoms with Gasteiger partial charge in [-0.05, 0) is 49.1 Å². The summed E-state index contributed by atoms with van der Waals surface area (Å²) in [5, 5.41) is 2.88. The fourth-order valence-corrected chi connectivity index (χ4v) is 3.59. The van der Waals surface area contributed by atoms with Crippen molar-refractivity contribution in [2.75, 3.05) is 18.9 Å². The molecule has 2 aromatic rings. The molecule has 4 nitrogen and oxygen atoms in total. The number of carbonyl (C=O) groups excluding carboxylic acids is 2. The highest BCUT2D eigenvalue weighted by molar-refractivity contribution is 9.10. The van der Waals surface area contributed by atoms with Gasteiger partial charge in [0.2, 0.25) is 11.8 Å². The van der Waals surface area contributed by atoms with E-state index in [1.165, 1.54) is 4.90 Å². The summed E-state index contributed by atoms with van der Waals surface area (Å²) in [5.41, 5.74) is 2.33. The predicted octanol–water partition coefficient (Wildman–Crippen LogP) is 3.89. The summed E-state index contributed by atoms with van der Waals surface area (Å²) in [6.07, 6.45) is 1.68. The summed E-state index contributed by atoms with van der Waals surface area (Å²) < 4.78 is 0.967. The minimum absolute atomic E-state index is 0.0152. The van der Waals surface area contributed by atoms with Gasteiger partial charge in [-0.3, -0.25) is 9.59 Å². The first-order valence-corrected chi connectivity index (χ1v) is 9.09. The fraction of sp³-hybridized carbons (Fsp3) is 0.300. The van der Waals surface area contributed by atoms with Crippen LogP contribution < -0.4 is 5.32 Å². The first-order valence-electron chi connectivity index (χ1n) is 8.29. The quantitative estimate of drug-likeness (QED) is 0.827. The number of rotatable bonds is 5. The summed E-state index contributed by atoms with van der Waals surface area (Å²) in [6.45, 7) is 1.98. The smallest absolute Gasteiger partial charge is 0.243 e. The molecule has 1 aliphatic carbocycles. The number of amides is 2. The van der Waals surface area contributed by atoms with Gasteiger partial charge in [0.25, 0.3) is 0 Å². The molecule has 0 aromatic heterocycles. The standard InChI is InChI=1S/C20H21BrN2O2/c1-14-12-16(21)8-9-17(14)22-18(24)13-23(2)19(25)20(10-11-20)15-6-4-3-5-7-15/h3-9,12H,10-11,13H2,1-2H3,(H,22,24). The van der Waals surface area contributed by atoms with Gasteiger partial charge in [-0.1, -0.05) is 46.3 Å². The van der Waals surface area contributed by atoms with Crippen molar-refractivity contribution >= 4 is 33.4 Å². The van der Waals surface area contributed by atoms with Crippen LogP contribution in [-0.2, 0) is 15.0 Å². The molecular formula is C20H21BrN2O2. The molecule has 1 saturated carbocycles. The fourth-order valence-electron chi connectivity index (χ4n) is 3.12. The highest BCUT2D eigenvalue weighted by Crippen LogP contribution is 2.49. The van der Waals surface area contributed by atoms with Gasteiger partial charge in [0.1, 0.15) is 0 Å². The molecule has 0 radical (unpaired) electrons. The summed E-state index contributed by atoms with van der Waals surface area (Å²) in [5.74, 6) is -0.175. The summed E-state index contributed by atoms with van der Waals surface area (Å²) in [4.78, 5) is 26.7. The first-order chi connectivity index (χ1) is 11.9. The number of nitrogens with one attached hydrogen (secondary N) is 1. The van der Waals surface area contributed by atoms with Gasteiger partial charge >= 0.3 is 0 Å². The third kappa shape index (κ3) is 3.76. The van der Waals surface area contributed by atoms with Crippen molar-refractivity contribution < 1.29 is 9.59 Å². The Morgan fingerprint density at radius 2 is 1.84 bits per heavy atom. The van der Waals surface area contributed by atoms with E-state index in [0.29, 0.717) is 0 Å². The largest absolute Gasteiger partial charge is 0.336 e. The van der Waals surface area contributed by atoms with Crippen LogP contribution in [0.15, 0.2) is 53.0 Å². The molecule has 1 aliphatic rings. The van der Waals surface area contributed by atoms with E-state index in [0.717, 1.165) is 34.1 Å². The first kappa shape index (κ1) is 17.7. The third-order valence-electron chi connectivity index (χ3n) is 4.68. The Morgan fingerprint density at radius 1 is 1.16 bits per heavy atom. The minimum atomic E-state index is -0.441. The monoisotopic (exact) mass is 400 g/mol. The van der Waals surface area contributed by atoms with Crippen LogP contribution in [0.1, 0.15) is 24.0 Å². The Morgan fingerprint density at radius 3 is 2.44 bits per heavy atom. The second-order valence-electron chi connectivity index (χ2n) is 6.62. The lowest BCUT2D eigenvalue weighted by Gasteiger charge is -2.23. The Kier molecular flexibility index (Phi) is 4.95. The van der Waals surface area contributed by atoms with Crippen molar-refractivity contribution in [2.24, 2.45) is 0 Å². The molecule has 0 atom stereocenters. The number of hydrogen-bond acceptors (Lipinski definition) is 2. The number of benzene rings is 2. The van der Waals surface area contributed by atoms with Crippen LogP contribution in [-0.4, -0.2) is 30.3 Å². The average molecular weight is 401 g/mol. The number of nitrogens with zero attached hydrogens (tertiary/aromatic N) is 1. The number of hydrogen-bond donors (Lipinski definition) is 1. The van der Waals surface area contributed by atoms with Crippen LogP contribution >= 0.6 is 15.9 Å². The van der Waals surface area contributed by atoms with Gasteiger partial charge in [-0.25, -0.2) is 0 Å². The number of likely N-dealkylation sites (N-methyl/N-ethyl adjacent to an activating group) is 1. The average Bonchev–Trinajstić information content (AvgIpc) is 3.39. The van der Waals surface area contributed by atoms with Crippen LogP contribution in [0.3, 0.4) is 0 Å². The SMILES string of the molecule is Cc1cc(Br)ccc1NC(=O)CN(C)C(=O)C1(c2ccccc2)CC1. The minimum Gasteiger partial charge on any atom is -0.336 e. The molecule has 0 spiro atoms. The summed E-state index contributed by atoms with van der Waals surface area (Å²) in [7, 11) is 1.69. The second kappa shape index (κ2) is 7.00. The molecule has 0 aliphatic heterocycles. The van der Waals surface area contributed by atoms with Crippen LogP contribution in [0.25, 0.3) is 0 Å². The molecule has 5 heteroatoms. The summed E-state index contributed by atoms with van der Waals surface area (Å²) in [6, 6.07) is 15.5. The van der Waals surface area contributed by atoms with Crippen LogP contribution in [0.4, 0.5) is 5.69 Å². The molecule has 2 aromatic carbocycles. The zero-order valence-electron chi connectivity index (χ0n) is 14.4. The van der Waals surface area contributed by atoms with E-state index >= 15 is 0 Å². The maximum Gasteiger partial charge on any atom is 0.243 e. The van der Waals surface area contributed by atoms with Gasteiger partial charge in [0.05, 0.1) is 12.0 Å². The van der Waals surface area contributed by atoms with Crippen molar-refractivity contribution in [3.05, 3.63) is 64.1 Å². The number of carbonyl (C=O) groups is 2. The van der Waals surface area contributed by atoms with E-state index in [2.05, 4.69) is 21.2 Å². The normalized spacial score (nSPS) is 14.7. The van der Waals surface area contributed by atoms with E-state index in [4.69, 9.17) is 0 Å².